The Hall–Kier alpha value is -1.17. The van der Waals surface area contributed by atoms with Gasteiger partial charge >= 0.3 is 0 Å². The van der Waals surface area contributed by atoms with E-state index >= 15 is 0 Å². The predicted molar refractivity (Wildman–Crippen MR) is 64.3 cm³/mol. The molecule has 0 atom stereocenters. The van der Waals surface area contributed by atoms with Crippen LogP contribution in [0.5, 0.6) is 0 Å². The van der Waals surface area contributed by atoms with Crippen LogP contribution in [0, 0.1) is 0 Å². The van der Waals surface area contributed by atoms with Crippen LogP contribution >= 0.6 is 23.8 Å². The largest absolute Gasteiger partial charge is 0.289 e. The Balaban J connectivity index is 2.71. The van der Waals surface area contributed by atoms with E-state index in [0.29, 0.717) is 5.02 Å². The first kappa shape index (κ1) is 11.9. The molecule has 1 rings (SSSR count). The summed E-state index contributed by atoms with van der Waals surface area (Å²) in [6.07, 6.45) is 0. The zero-order valence-corrected chi connectivity index (χ0v) is 9.56. The Bertz CT molecular complexity index is 377. The van der Waals surface area contributed by atoms with Gasteiger partial charge in [-0.05, 0) is 36.8 Å². The Morgan fingerprint density at radius 3 is 2.53 bits per heavy atom. The summed E-state index contributed by atoms with van der Waals surface area (Å²) in [5, 5.41) is 13.1. The van der Waals surface area contributed by atoms with E-state index in [0.717, 1.165) is 11.3 Å². The summed E-state index contributed by atoms with van der Waals surface area (Å²) in [5.74, 6) is 0. The molecule has 3 N–H and O–H groups in total. The van der Waals surface area contributed by atoms with Gasteiger partial charge in [-0.2, -0.15) is 5.10 Å². The molecule has 15 heavy (non-hydrogen) atoms. The number of thiocarbonyl (C=S) groups is 1. The molecule has 0 radical (unpaired) electrons. The first-order valence-electron chi connectivity index (χ1n) is 4.14. The predicted octanol–water partition coefficient (Wildman–Crippen LogP) is 1.92. The topological polar surface area (TPSA) is 56.7 Å². The molecule has 0 bridgehead atoms. The minimum atomic E-state index is 0.0447. The molecule has 0 saturated carbocycles. The van der Waals surface area contributed by atoms with Gasteiger partial charge in [-0.1, -0.05) is 23.7 Å². The van der Waals surface area contributed by atoms with Crippen LogP contribution in [-0.2, 0) is 0 Å². The fourth-order valence-electron chi connectivity index (χ4n) is 0.915. The summed E-state index contributed by atoms with van der Waals surface area (Å²) < 4.78 is 0. The van der Waals surface area contributed by atoms with E-state index in [2.05, 4.69) is 22.7 Å². The second-order valence-corrected chi connectivity index (χ2v) is 3.60. The maximum Gasteiger partial charge on any atom is 0.211 e. The highest BCUT2D eigenvalue weighted by atomic mass is 35.5. The van der Waals surface area contributed by atoms with Crippen molar-refractivity contribution in [2.75, 3.05) is 0 Å². The third kappa shape index (κ3) is 3.83. The Kier molecular flexibility index (Phi) is 4.48. The van der Waals surface area contributed by atoms with Gasteiger partial charge in [0.05, 0.1) is 5.71 Å². The van der Waals surface area contributed by atoms with Gasteiger partial charge in [0.1, 0.15) is 0 Å². The van der Waals surface area contributed by atoms with Crippen molar-refractivity contribution in [3.05, 3.63) is 34.9 Å². The third-order valence-corrected chi connectivity index (χ3v) is 2.12. The lowest BCUT2D eigenvalue weighted by molar-refractivity contribution is 0.233. The van der Waals surface area contributed by atoms with Crippen molar-refractivity contribution in [2.45, 2.75) is 6.92 Å². The van der Waals surface area contributed by atoms with Gasteiger partial charge < -0.3 is 0 Å². The number of hydrazone groups is 1. The van der Waals surface area contributed by atoms with Crippen molar-refractivity contribution in [3.8, 4) is 0 Å². The molecule has 0 heterocycles. The monoisotopic (exact) mass is 243 g/mol. The van der Waals surface area contributed by atoms with E-state index in [1.165, 1.54) is 0 Å². The van der Waals surface area contributed by atoms with Gasteiger partial charge in [0.2, 0.25) is 5.11 Å². The molecular formula is C9H10ClN3OS. The lowest BCUT2D eigenvalue weighted by Gasteiger charge is -2.03. The fourth-order valence-corrected chi connectivity index (χ4v) is 1.09. The summed E-state index contributed by atoms with van der Waals surface area (Å²) in [6, 6.07) is 7.24. The van der Waals surface area contributed by atoms with Crippen LogP contribution in [0.3, 0.4) is 0 Å². The SMILES string of the molecule is C/C(=N\NC(=S)NO)c1ccc(Cl)cc1. The molecule has 80 valence electrons. The van der Waals surface area contributed by atoms with Gasteiger partial charge in [-0.3, -0.25) is 10.6 Å². The molecule has 6 heteroatoms. The number of halogens is 1. The summed E-state index contributed by atoms with van der Waals surface area (Å²) >= 11 is 10.4. The van der Waals surface area contributed by atoms with E-state index in [1.54, 1.807) is 17.6 Å². The van der Waals surface area contributed by atoms with Crippen molar-refractivity contribution in [1.82, 2.24) is 10.9 Å². The van der Waals surface area contributed by atoms with Crippen molar-refractivity contribution in [2.24, 2.45) is 5.10 Å². The normalized spacial score (nSPS) is 11.0. The minimum absolute atomic E-state index is 0.0447. The highest BCUT2D eigenvalue weighted by Crippen LogP contribution is 2.09. The molecule has 0 aliphatic rings. The molecule has 0 spiro atoms. The number of benzene rings is 1. The van der Waals surface area contributed by atoms with Crippen LogP contribution in [0.2, 0.25) is 5.02 Å². The van der Waals surface area contributed by atoms with E-state index in [9.17, 15) is 0 Å². The average Bonchev–Trinajstić information content (AvgIpc) is 2.26. The minimum Gasteiger partial charge on any atom is -0.289 e. The van der Waals surface area contributed by atoms with Crippen molar-refractivity contribution >= 4 is 34.6 Å². The number of nitrogens with one attached hydrogen (secondary N) is 2. The van der Waals surface area contributed by atoms with Crippen LogP contribution in [0.25, 0.3) is 0 Å². The van der Waals surface area contributed by atoms with Crippen LogP contribution in [0.4, 0.5) is 0 Å². The Morgan fingerprint density at radius 2 is 2.00 bits per heavy atom. The zero-order valence-electron chi connectivity index (χ0n) is 7.99. The maximum atomic E-state index is 8.41. The molecule has 0 fully saturated rings. The Morgan fingerprint density at radius 1 is 1.40 bits per heavy atom. The molecule has 1 aromatic carbocycles. The van der Waals surface area contributed by atoms with Gasteiger partial charge in [0.25, 0.3) is 0 Å². The molecular weight excluding hydrogens is 234 g/mol. The molecule has 0 amide bonds. The summed E-state index contributed by atoms with van der Waals surface area (Å²) in [6.45, 7) is 1.82. The fraction of sp³-hybridized carbons (Fsp3) is 0.111. The second kappa shape index (κ2) is 5.65. The van der Waals surface area contributed by atoms with Crippen LogP contribution < -0.4 is 10.9 Å². The van der Waals surface area contributed by atoms with Crippen LogP contribution in [0.1, 0.15) is 12.5 Å². The molecule has 0 aliphatic carbocycles. The highest BCUT2D eigenvalue weighted by molar-refractivity contribution is 7.80. The lowest BCUT2D eigenvalue weighted by atomic mass is 10.1. The summed E-state index contributed by atoms with van der Waals surface area (Å²) in [7, 11) is 0. The maximum absolute atomic E-state index is 8.41. The van der Waals surface area contributed by atoms with Gasteiger partial charge in [0, 0.05) is 5.02 Å². The number of nitrogens with zero attached hydrogens (tertiary/aromatic N) is 1. The molecule has 0 aliphatic heterocycles. The average molecular weight is 244 g/mol. The summed E-state index contributed by atoms with van der Waals surface area (Å²) in [4.78, 5) is 0. The smallest absolute Gasteiger partial charge is 0.211 e. The molecule has 4 nitrogen and oxygen atoms in total. The molecule has 0 saturated heterocycles. The molecule has 0 aromatic heterocycles. The van der Waals surface area contributed by atoms with Crippen LogP contribution in [-0.4, -0.2) is 16.0 Å². The molecule has 0 unspecified atom stereocenters. The van der Waals surface area contributed by atoms with Gasteiger partial charge in [-0.15, -0.1) is 0 Å². The van der Waals surface area contributed by atoms with Crippen molar-refractivity contribution in [3.63, 3.8) is 0 Å². The first-order valence-corrected chi connectivity index (χ1v) is 4.92. The second-order valence-electron chi connectivity index (χ2n) is 2.76. The van der Waals surface area contributed by atoms with Crippen molar-refractivity contribution in [1.29, 1.82) is 0 Å². The zero-order chi connectivity index (χ0) is 11.3. The van der Waals surface area contributed by atoms with E-state index in [4.69, 9.17) is 16.8 Å². The number of hydrogen-bond donors (Lipinski definition) is 3. The number of hydrogen-bond acceptors (Lipinski definition) is 3. The van der Waals surface area contributed by atoms with E-state index in [1.807, 2.05) is 19.1 Å². The van der Waals surface area contributed by atoms with E-state index in [-0.39, 0.29) is 5.11 Å². The molecule has 1 aromatic rings. The van der Waals surface area contributed by atoms with Crippen molar-refractivity contribution < 1.29 is 5.21 Å². The quantitative estimate of drug-likeness (QED) is 0.422. The van der Waals surface area contributed by atoms with E-state index < -0.39 is 0 Å². The van der Waals surface area contributed by atoms with Gasteiger partial charge in [0.15, 0.2) is 0 Å². The number of hydroxylamine groups is 1. The highest BCUT2D eigenvalue weighted by Gasteiger charge is 1.97. The lowest BCUT2D eigenvalue weighted by Crippen LogP contribution is -2.29. The summed E-state index contributed by atoms with van der Waals surface area (Å²) in [5.41, 5.74) is 5.91. The Labute approximate surface area is 97.9 Å². The standard InChI is InChI=1S/C9H10ClN3OS/c1-6(11-12-9(15)13-14)7-2-4-8(10)5-3-7/h2-5,14H,1H3,(H2,12,13,15)/b11-6+. The first-order chi connectivity index (χ1) is 7.13. The third-order valence-electron chi connectivity index (χ3n) is 1.69. The van der Waals surface area contributed by atoms with Gasteiger partial charge in [-0.25, -0.2) is 5.48 Å². The number of rotatable bonds is 2. The van der Waals surface area contributed by atoms with Crippen LogP contribution in [0.15, 0.2) is 29.4 Å².